The molecule has 0 aliphatic carbocycles. The number of benzene rings is 1. The number of likely N-dealkylation sites (tertiary alicyclic amines) is 1. The zero-order valence-corrected chi connectivity index (χ0v) is 20.1. The fourth-order valence-corrected chi connectivity index (χ4v) is 4.68. The van der Waals surface area contributed by atoms with Gasteiger partial charge in [0.1, 0.15) is 12.4 Å². The Kier molecular flexibility index (Phi) is 10.2. The van der Waals surface area contributed by atoms with Crippen LogP contribution < -0.4 is 4.74 Å². The molecule has 7 heteroatoms. The third kappa shape index (κ3) is 8.35. The number of piperazine rings is 1. The van der Waals surface area contributed by atoms with Crippen LogP contribution in [0.25, 0.3) is 0 Å². The largest absolute Gasteiger partial charge is 0.491 e. The van der Waals surface area contributed by atoms with Gasteiger partial charge in [-0.1, -0.05) is 26.0 Å². The maximum Gasteiger partial charge on any atom is 0.236 e. The van der Waals surface area contributed by atoms with Crippen molar-refractivity contribution >= 4 is 5.91 Å². The van der Waals surface area contributed by atoms with E-state index in [1.54, 1.807) is 7.11 Å². The van der Waals surface area contributed by atoms with Crippen LogP contribution >= 0.6 is 0 Å². The van der Waals surface area contributed by atoms with Crippen molar-refractivity contribution in [2.75, 3.05) is 79.4 Å². The molecule has 2 aliphatic heterocycles. The Labute approximate surface area is 193 Å². The number of methoxy groups -OCH3 is 1. The second kappa shape index (κ2) is 13.1. The number of nitrogens with zero attached hydrogens (tertiary/aromatic N) is 3. The zero-order valence-electron chi connectivity index (χ0n) is 20.1. The van der Waals surface area contributed by atoms with Gasteiger partial charge in [0.15, 0.2) is 0 Å². The van der Waals surface area contributed by atoms with Gasteiger partial charge in [-0.3, -0.25) is 14.6 Å². The zero-order chi connectivity index (χ0) is 22.8. The summed E-state index contributed by atoms with van der Waals surface area (Å²) in [5, 5.41) is 0. The number of ether oxygens (including phenoxy) is 3. The molecule has 2 atom stereocenters. The lowest BCUT2D eigenvalue weighted by Crippen LogP contribution is -2.51. The highest BCUT2D eigenvalue weighted by molar-refractivity contribution is 5.78. The molecule has 1 aromatic rings. The lowest BCUT2D eigenvalue weighted by atomic mass is 9.92. The van der Waals surface area contributed by atoms with E-state index in [4.69, 9.17) is 14.2 Å². The summed E-state index contributed by atoms with van der Waals surface area (Å²) >= 11 is 0. The molecule has 2 heterocycles. The number of hydrogen-bond donors (Lipinski definition) is 0. The van der Waals surface area contributed by atoms with Gasteiger partial charge in [0.05, 0.1) is 26.4 Å². The molecule has 1 amide bonds. The van der Waals surface area contributed by atoms with E-state index in [1.165, 1.54) is 12.0 Å². The summed E-state index contributed by atoms with van der Waals surface area (Å²) in [4.78, 5) is 19.6. The lowest BCUT2D eigenvalue weighted by Gasteiger charge is -2.38. The normalized spacial score (nSPS) is 22.8. The minimum atomic E-state index is 0.302. The standard InChI is InChI=1S/C25H41N3O4/c1-21-16-22(2)18-28(17-21)25(29)20-27-10-8-26(9-11-27)19-23-4-6-24(7-5-23)32-15-14-31-13-12-30-3/h4-7,21-22H,8-20H2,1-3H3/t21-,22+. The van der Waals surface area contributed by atoms with Crippen LogP contribution in [0, 0.1) is 11.8 Å². The Morgan fingerprint density at radius 1 is 0.906 bits per heavy atom. The first-order valence-electron chi connectivity index (χ1n) is 12.0. The quantitative estimate of drug-likeness (QED) is 0.486. The first-order valence-corrected chi connectivity index (χ1v) is 12.0. The van der Waals surface area contributed by atoms with Crippen molar-refractivity contribution in [2.24, 2.45) is 11.8 Å². The van der Waals surface area contributed by atoms with Gasteiger partial charge in [-0.15, -0.1) is 0 Å². The molecule has 3 rings (SSSR count). The Hall–Kier alpha value is -1.67. The summed E-state index contributed by atoms with van der Waals surface area (Å²) < 4.78 is 16.1. The van der Waals surface area contributed by atoms with Crippen molar-refractivity contribution in [3.63, 3.8) is 0 Å². The van der Waals surface area contributed by atoms with E-state index in [1.807, 2.05) is 12.1 Å². The summed E-state index contributed by atoms with van der Waals surface area (Å²) in [7, 11) is 1.67. The minimum Gasteiger partial charge on any atom is -0.491 e. The maximum atomic E-state index is 12.7. The average Bonchev–Trinajstić information content (AvgIpc) is 2.78. The fourth-order valence-electron chi connectivity index (χ4n) is 4.68. The molecule has 0 saturated carbocycles. The molecule has 0 N–H and O–H groups in total. The molecule has 2 aliphatic rings. The fraction of sp³-hybridized carbons (Fsp3) is 0.720. The molecule has 0 bridgehead atoms. The number of amides is 1. The van der Waals surface area contributed by atoms with Crippen molar-refractivity contribution in [3.8, 4) is 5.75 Å². The predicted octanol–water partition coefficient (Wildman–Crippen LogP) is 2.35. The highest BCUT2D eigenvalue weighted by Gasteiger charge is 2.27. The minimum absolute atomic E-state index is 0.302. The van der Waals surface area contributed by atoms with Crippen molar-refractivity contribution in [1.29, 1.82) is 0 Å². The Bertz CT molecular complexity index is 666. The maximum absolute atomic E-state index is 12.7. The van der Waals surface area contributed by atoms with Gasteiger partial charge < -0.3 is 19.1 Å². The van der Waals surface area contributed by atoms with Gasteiger partial charge >= 0.3 is 0 Å². The number of carbonyl (C=O) groups excluding carboxylic acids is 1. The molecule has 0 aromatic heterocycles. The smallest absolute Gasteiger partial charge is 0.236 e. The number of rotatable bonds is 11. The SMILES string of the molecule is COCCOCCOc1ccc(CN2CCN(CC(=O)N3C[C@H](C)C[C@H](C)C3)CC2)cc1. The monoisotopic (exact) mass is 447 g/mol. The van der Waals surface area contributed by atoms with Crippen LogP contribution in [0.5, 0.6) is 5.75 Å². The van der Waals surface area contributed by atoms with E-state index in [0.717, 1.165) is 51.6 Å². The van der Waals surface area contributed by atoms with Gasteiger partial charge in [0.25, 0.3) is 0 Å². The van der Waals surface area contributed by atoms with Gasteiger partial charge in [-0.25, -0.2) is 0 Å². The van der Waals surface area contributed by atoms with Gasteiger partial charge in [-0.05, 0) is 36.0 Å². The van der Waals surface area contributed by atoms with Crippen LogP contribution in [0.3, 0.4) is 0 Å². The highest BCUT2D eigenvalue weighted by Crippen LogP contribution is 2.21. The van der Waals surface area contributed by atoms with Crippen LogP contribution in [0.4, 0.5) is 0 Å². The van der Waals surface area contributed by atoms with Crippen molar-refractivity contribution in [2.45, 2.75) is 26.8 Å². The van der Waals surface area contributed by atoms with Crippen LogP contribution in [0.2, 0.25) is 0 Å². The summed E-state index contributed by atoms with van der Waals surface area (Å²) in [5.74, 6) is 2.40. The first kappa shape index (κ1) is 25.0. The molecule has 2 fully saturated rings. The molecule has 0 unspecified atom stereocenters. The summed E-state index contributed by atoms with van der Waals surface area (Å²) in [6.45, 7) is 14.1. The lowest BCUT2D eigenvalue weighted by molar-refractivity contribution is -0.135. The van der Waals surface area contributed by atoms with E-state index in [0.29, 0.717) is 50.7 Å². The third-order valence-corrected chi connectivity index (χ3v) is 6.30. The molecule has 180 valence electrons. The molecular formula is C25H41N3O4. The predicted molar refractivity (Wildman–Crippen MR) is 126 cm³/mol. The average molecular weight is 448 g/mol. The Balaban J connectivity index is 1.33. The molecular weight excluding hydrogens is 406 g/mol. The summed E-state index contributed by atoms with van der Waals surface area (Å²) in [5.41, 5.74) is 1.29. The van der Waals surface area contributed by atoms with Gasteiger partial charge in [0.2, 0.25) is 5.91 Å². The number of carbonyl (C=O) groups is 1. The van der Waals surface area contributed by atoms with E-state index >= 15 is 0 Å². The van der Waals surface area contributed by atoms with E-state index < -0.39 is 0 Å². The van der Waals surface area contributed by atoms with Crippen molar-refractivity contribution < 1.29 is 19.0 Å². The topological polar surface area (TPSA) is 54.5 Å². The second-order valence-electron chi connectivity index (χ2n) is 9.39. The highest BCUT2D eigenvalue weighted by atomic mass is 16.5. The summed E-state index contributed by atoms with van der Waals surface area (Å²) in [6.07, 6.45) is 1.23. The molecule has 1 aromatic carbocycles. The third-order valence-electron chi connectivity index (χ3n) is 6.30. The van der Waals surface area contributed by atoms with Crippen molar-refractivity contribution in [3.05, 3.63) is 29.8 Å². The van der Waals surface area contributed by atoms with Crippen LogP contribution in [-0.2, 0) is 20.8 Å². The second-order valence-corrected chi connectivity index (χ2v) is 9.39. The van der Waals surface area contributed by atoms with Crippen LogP contribution in [-0.4, -0.2) is 100.0 Å². The van der Waals surface area contributed by atoms with E-state index in [9.17, 15) is 4.79 Å². The van der Waals surface area contributed by atoms with Crippen LogP contribution in [0.15, 0.2) is 24.3 Å². The Morgan fingerprint density at radius 3 is 2.19 bits per heavy atom. The molecule has 0 radical (unpaired) electrons. The summed E-state index contributed by atoms with van der Waals surface area (Å²) in [6, 6.07) is 8.32. The molecule has 32 heavy (non-hydrogen) atoms. The molecule has 2 saturated heterocycles. The first-order chi connectivity index (χ1) is 15.5. The van der Waals surface area contributed by atoms with Gasteiger partial charge in [-0.2, -0.15) is 0 Å². The molecule has 7 nitrogen and oxygen atoms in total. The Morgan fingerprint density at radius 2 is 1.53 bits per heavy atom. The number of hydrogen-bond acceptors (Lipinski definition) is 6. The van der Waals surface area contributed by atoms with E-state index in [2.05, 4.69) is 40.7 Å². The molecule has 0 spiro atoms. The van der Waals surface area contributed by atoms with Crippen LogP contribution in [0.1, 0.15) is 25.8 Å². The van der Waals surface area contributed by atoms with Crippen molar-refractivity contribution in [1.82, 2.24) is 14.7 Å². The van der Waals surface area contributed by atoms with Gasteiger partial charge in [0, 0.05) is 52.9 Å². The van der Waals surface area contributed by atoms with E-state index in [-0.39, 0.29) is 0 Å². The number of piperidine rings is 1.